The Balaban J connectivity index is 2.18. The van der Waals surface area contributed by atoms with Crippen LogP contribution in [-0.2, 0) is 11.2 Å². The van der Waals surface area contributed by atoms with Gasteiger partial charge in [0.05, 0.1) is 5.92 Å². The lowest BCUT2D eigenvalue weighted by Gasteiger charge is -2.20. The van der Waals surface area contributed by atoms with Crippen molar-refractivity contribution in [1.29, 1.82) is 0 Å². The molecule has 0 aliphatic heterocycles. The molecule has 0 radical (unpaired) electrons. The molecule has 2 nitrogen and oxygen atoms in total. The number of hydrogen-bond donors (Lipinski definition) is 1. The fourth-order valence-electron chi connectivity index (χ4n) is 2.48. The summed E-state index contributed by atoms with van der Waals surface area (Å²) < 4.78 is 0. The molecule has 0 heterocycles. The summed E-state index contributed by atoms with van der Waals surface area (Å²) in [4.78, 5) is 11.5. The van der Waals surface area contributed by atoms with Crippen LogP contribution in [0, 0.1) is 5.92 Å². The molecule has 0 fully saturated rings. The SMILES string of the molecule is CC(Cc1ccccc1)C(C(=O)O)c1ccccc1. The van der Waals surface area contributed by atoms with E-state index in [1.807, 2.05) is 67.6 Å². The highest BCUT2D eigenvalue weighted by Gasteiger charge is 2.26. The van der Waals surface area contributed by atoms with Crippen molar-refractivity contribution in [3.05, 3.63) is 71.8 Å². The van der Waals surface area contributed by atoms with Gasteiger partial charge in [-0.1, -0.05) is 67.6 Å². The van der Waals surface area contributed by atoms with Crippen LogP contribution in [0.15, 0.2) is 60.7 Å². The standard InChI is InChI=1S/C17H18O2/c1-13(12-14-8-4-2-5-9-14)16(17(18)19)15-10-6-3-7-11-15/h2-11,13,16H,12H2,1H3,(H,18,19). The summed E-state index contributed by atoms with van der Waals surface area (Å²) in [5, 5.41) is 9.48. The number of carbonyl (C=O) groups is 1. The molecule has 98 valence electrons. The highest BCUT2D eigenvalue weighted by molar-refractivity contribution is 5.76. The van der Waals surface area contributed by atoms with Gasteiger partial charge in [-0.3, -0.25) is 4.79 Å². The lowest BCUT2D eigenvalue weighted by atomic mass is 9.83. The molecular weight excluding hydrogens is 236 g/mol. The van der Waals surface area contributed by atoms with Crippen molar-refractivity contribution in [2.45, 2.75) is 19.3 Å². The molecule has 2 heteroatoms. The summed E-state index contributed by atoms with van der Waals surface area (Å²) in [5.41, 5.74) is 2.05. The zero-order valence-corrected chi connectivity index (χ0v) is 11.0. The van der Waals surface area contributed by atoms with E-state index in [0.29, 0.717) is 0 Å². The highest BCUT2D eigenvalue weighted by atomic mass is 16.4. The third-order valence-corrected chi connectivity index (χ3v) is 3.39. The Morgan fingerprint density at radius 2 is 1.53 bits per heavy atom. The van der Waals surface area contributed by atoms with Crippen molar-refractivity contribution in [2.75, 3.05) is 0 Å². The maximum Gasteiger partial charge on any atom is 0.311 e. The van der Waals surface area contributed by atoms with E-state index in [2.05, 4.69) is 0 Å². The summed E-state index contributed by atoms with van der Waals surface area (Å²) in [5.74, 6) is -1.15. The highest BCUT2D eigenvalue weighted by Crippen LogP contribution is 2.27. The Kier molecular flexibility index (Phi) is 4.35. The molecule has 0 amide bonds. The number of aliphatic carboxylic acids is 1. The first-order valence-corrected chi connectivity index (χ1v) is 6.50. The molecule has 0 aliphatic carbocycles. The minimum absolute atomic E-state index is 0.0577. The van der Waals surface area contributed by atoms with E-state index in [1.165, 1.54) is 5.56 Å². The Morgan fingerprint density at radius 3 is 2.05 bits per heavy atom. The first kappa shape index (κ1) is 13.3. The average molecular weight is 254 g/mol. The van der Waals surface area contributed by atoms with Crippen LogP contribution in [0.1, 0.15) is 24.0 Å². The van der Waals surface area contributed by atoms with Crippen molar-refractivity contribution in [3.8, 4) is 0 Å². The van der Waals surface area contributed by atoms with Crippen LogP contribution in [0.2, 0.25) is 0 Å². The van der Waals surface area contributed by atoms with E-state index in [4.69, 9.17) is 0 Å². The number of carboxylic acid groups (broad SMARTS) is 1. The fourth-order valence-corrected chi connectivity index (χ4v) is 2.48. The number of benzene rings is 2. The van der Waals surface area contributed by atoms with E-state index in [1.54, 1.807) is 0 Å². The third-order valence-electron chi connectivity index (χ3n) is 3.39. The summed E-state index contributed by atoms with van der Waals surface area (Å²) >= 11 is 0. The molecule has 0 aromatic heterocycles. The van der Waals surface area contributed by atoms with Gasteiger partial charge in [-0.05, 0) is 23.5 Å². The summed E-state index contributed by atoms with van der Waals surface area (Å²) in [7, 11) is 0. The smallest absolute Gasteiger partial charge is 0.311 e. The molecule has 2 unspecified atom stereocenters. The Bertz CT molecular complexity index is 519. The predicted molar refractivity (Wildman–Crippen MR) is 76.1 cm³/mol. The molecule has 19 heavy (non-hydrogen) atoms. The summed E-state index contributed by atoms with van der Waals surface area (Å²) in [6.45, 7) is 2.00. The van der Waals surface area contributed by atoms with E-state index in [9.17, 15) is 9.90 Å². The van der Waals surface area contributed by atoms with Gasteiger partial charge < -0.3 is 5.11 Å². The van der Waals surface area contributed by atoms with Gasteiger partial charge in [0.15, 0.2) is 0 Å². The van der Waals surface area contributed by atoms with Gasteiger partial charge >= 0.3 is 5.97 Å². The molecule has 0 aliphatic rings. The number of rotatable bonds is 5. The van der Waals surface area contributed by atoms with E-state index in [0.717, 1.165) is 12.0 Å². The summed E-state index contributed by atoms with van der Waals surface area (Å²) in [6.07, 6.45) is 0.771. The van der Waals surface area contributed by atoms with Gasteiger partial charge in [-0.15, -0.1) is 0 Å². The van der Waals surface area contributed by atoms with Crippen molar-refractivity contribution in [2.24, 2.45) is 5.92 Å². The normalized spacial score (nSPS) is 13.7. The van der Waals surface area contributed by atoms with Gasteiger partial charge in [-0.25, -0.2) is 0 Å². The van der Waals surface area contributed by atoms with Crippen molar-refractivity contribution in [3.63, 3.8) is 0 Å². The first-order chi connectivity index (χ1) is 9.18. The predicted octanol–water partition coefficient (Wildman–Crippen LogP) is 3.73. The lowest BCUT2D eigenvalue weighted by Crippen LogP contribution is -2.21. The second kappa shape index (κ2) is 6.19. The van der Waals surface area contributed by atoms with E-state index in [-0.39, 0.29) is 5.92 Å². The van der Waals surface area contributed by atoms with Gasteiger partial charge in [0.25, 0.3) is 0 Å². The third kappa shape index (κ3) is 3.44. The number of carboxylic acids is 1. The second-order valence-electron chi connectivity index (χ2n) is 4.89. The van der Waals surface area contributed by atoms with Gasteiger partial charge in [0.2, 0.25) is 0 Å². The maximum atomic E-state index is 11.5. The quantitative estimate of drug-likeness (QED) is 0.882. The molecule has 2 rings (SSSR count). The minimum Gasteiger partial charge on any atom is -0.481 e. The largest absolute Gasteiger partial charge is 0.481 e. The average Bonchev–Trinajstić information content (AvgIpc) is 2.40. The second-order valence-corrected chi connectivity index (χ2v) is 4.89. The zero-order chi connectivity index (χ0) is 13.7. The topological polar surface area (TPSA) is 37.3 Å². The van der Waals surface area contributed by atoms with Crippen LogP contribution in [0.3, 0.4) is 0 Å². The van der Waals surface area contributed by atoms with E-state index < -0.39 is 11.9 Å². The molecule has 0 bridgehead atoms. The van der Waals surface area contributed by atoms with Crippen molar-refractivity contribution in [1.82, 2.24) is 0 Å². The van der Waals surface area contributed by atoms with Crippen LogP contribution in [-0.4, -0.2) is 11.1 Å². The molecule has 2 atom stereocenters. The Morgan fingerprint density at radius 1 is 1.00 bits per heavy atom. The van der Waals surface area contributed by atoms with Crippen LogP contribution >= 0.6 is 0 Å². The van der Waals surface area contributed by atoms with Crippen LogP contribution < -0.4 is 0 Å². The molecule has 0 saturated carbocycles. The maximum absolute atomic E-state index is 11.5. The molecule has 2 aromatic carbocycles. The van der Waals surface area contributed by atoms with Gasteiger partial charge in [-0.2, -0.15) is 0 Å². The Hall–Kier alpha value is -2.09. The van der Waals surface area contributed by atoms with Crippen molar-refractivity contribution < 1.29 is 9.90 Å². The lowest BCUT2D eigenvalue weighted by molar-refractivity contribution is -0.140. The fraction of sp³-hybridized carbons (Fsp3) is 0.235. The summed E-state index contributed by atoms with van der Waals surface area (Å²) in [6, 6.07) is 19.5. The van der Waals surface area contributed by atoms with Crippen LogP contribution in [0.5, 0.6) is 0 Å². The monoisotopic (exact) mass is 254 g/mol. The van der Waals surface area contributed by atoms with Gasteiger partial charge in [0.1, 0.15) is 0 Å². The molecule has 2 aromatic rings. The molecule has 0 saturated heterocycles. The van der Waals surface area contributed by atoms with Gasteiger partial charge in [0, 0.05) is 0 Å². The van der Waals surface area contributed by atoms with Crippen LogP contribution in [0.4, 0.5) is 0 Å². The number of hydrogen-bond acceptors (Lipinski definition) is 1. The van der Waals surface area contributed by atoms with Crippen molar-refractivity contribution >= 4 is 5.97 Å². The Labute approximate surface area is 113 Å². The van der Waals surface area contributed by atoms with Crippen LogP contribution in [0.25, 0.3) is 0 Å². The molecule has 0 spiro atoms. The minimum atomic E-state index is -0.755. The zero-order valence-electron chi connectivity index (χ0n) is 11.0. The molecular formula is C17H18O2. The first-order valence-electron chi connectivity index (χ1n) is 6.50. The molecule has 1 N–H and O–H groups in total. The van der Waals surface area contributed by atoms with E-state index >= 15 is 0 Å².